The average molecular weight is 330 g/mol. The summed E-state index contributed by atoms with van der Waals surface area (Å²) in [5, 5.41) is 10.8. The van der Waals surface area contributed by atoms with Crippen molar-refractivity contribution in [3.8, 4) is 0 Å². The van der Waals surface area contributed by atoms with Crippen LogP contribution in [0.15, 0.2) is 39.2 Å². The van der Waals surface area contributed by atoms with E-state index in [1.807, 2.05) is 37.3 Å². The predicted molar refractivity (Wildman–Crippen MR) is 75.9 cm³/mol. The van der Waals surface area contributed by atoms with Gasteiger partial charge in [-0.25, -0.2) is 0 Å². The minimum absolute atomic E-state index is 0.447. The molecule has 0 amide bonds. The zero-order valence-electron chi connectivity index (χ0n) is 9.99. The van der Waals surface area contributed by atoms with Gasteiger partial charge in [0.25, 0.3) is 0 Å². The third-order valence-corrected chi connectivity index (χ3v) is 3.63. The van der Waals surface area contributed by atoms with Crippen LogP contribution in [0.4, 0.5) is 0 Å². The Morgan fingerprint density at radius 3 is 2.72 bits per heavy atom. The van der Waals surface area contributed by atoms with E-state index in [1.165, 1.54) is 0 Å². The second-order valence-corrected chi connectivity index (χ2v) is 5.44. The van der Waals surface area contributed by atoms with E-state index in [4.69, 9.17) is 16.0 Å². The molecule has 0 fully saturated rings. The third kappa shape index (κ3) is 3.16. The summed E-state index contributed by atoms with van der Waals surface area (Å²) in [5.74, 6) is 1.47. The van der Waals surface area contributed by atoms with Gasteiger partial charge in [0.05, 0.1) is 0 Å². The zero-order valence-corrected chi connectivity index (χ0v) is 12.3. The topological polar surface area (TPSA) is 33.4 Å². The molecule has 4 heteroatoms. The Kier molecular flexibility index (Phi) is 4.49. The van der Waals surface area contributed by atoms with Crippen LogP contribution in [0.3, 0.4) is 0 Å². The van der Waals surface area contributed by atoms with Crippen molar-refractivity contribution < 1.29 is 9.52 Å². The Labute approximate surface area is 120 Å². The maximum Gasteiger partial charge on any atom is 0.133 e. The van der Waals surface area contributed by atoms with Crippen LogP contribution >= 0.6 is 27.5 Å². The molecule has 0 aliphatic heterocycles. The van der Waals surface area contributed by atoms with Gasteiger partial charge in [-0.3, -0.25) is 0 Å². The highest BCUT2D eigenvalue weighted by molar-refractivity contribution is 9.10. The van der Waals surface area contributed by atoms with Crippen molar-refractivity contribution in [3.05, 3.63) is 56.9 Å². The molecule has 1 unspecified atom stereocenters. The molecule has 0 saturated heterocycles. The van der Waals surface area contributed by atoms with Crippen LogP contribution in [-0.4, -0.2) is 5.11 Å². The van der Waals surface area contributed by atoms with Gasteiger partial charge >= 0.3 is 0 Å². The van der Waals surface area contributed by atoms with Gasteiger partial charge < -0.3 is 9.52 Å². The number of rotatable bonds is 4. The number of aliphatic hydroxyl groups excluding tert-OH is 1. The molecule has 0 aliphatic rings. The fraction of sp³-hybridized carbons (Fsp3) is 0.286. The smallest absolute Gasteiger partial charge is 0.133 e. The lowest BCUT2D eigenvalue weighted by Crippen LogP contribution is -2.01. The molecule has 0 saturated carbocycles. The summed E-state index contributed by atoms with van der Waals surface area (Å²) in [6.45, 7) is 2.01. The Balaban J connectivity index is 2.13. The molecule has 2 nitrogen and oxygen atoms in total. The van der Waals surface area contributed by atoms with Crippen molar-refractivity contribution in [1.82, 2.24) is 0 Å². The summed E-state index contributed by atoms with van der Waals surface area (Å²) < 4.78 is 6.46. The SMILES string of the molecule is CCc1ccc(C(O)Cc2ccc(Br)cc2Cl)o1. The molecule has 0 spiro atoms. The molecule has 0 aliphatic carbocycles. The Morgan fingerprint density at radius 1 is 1.33 bits per heavy atom. The molecular formula is C14H14BrClO2. The van der Waals surface area contributed by atoms with Crippen molar-refractivity contribution in [1.29, 1.82) is 0 Å². The zero-order chi connectivity index (χ0) is 13.1. The lowest BCUT2D eigenvalue weighted by atomic mass is 10.1. The van der Waals surface area contributed by atoms with E-state index in [-0.39, 0.29) is 0 Å². The summed E-state index contributed by atoms with van der Waals surface area (Å²) in [7, 11) is 0. The summed E-state index contributed by atoms with van der Waals surface area (Å²) in [5.41, 5.74) is 0.904. The van der Waals surface area contributed by atoms with Crippen molar-refractivity contribution >= 4 is 27.5 Å². The minimum Gasteiger partial charge on any atom is -0.463 e. The first kappa shape index (κ1) is 13.7. The van der Waals surface area contributed by atoms with Crippen LogP contribution in [0.25, 0.3) is 0 Å². The quantitative estimate of drug-likeness (QED) is 0.893. The van der Waals surface area contributed by atoms with E-state index in [9.17, 15) is 5.11 Å². The standard InChI is InChI=1S/C14H14BrClO2/c1-2-11-5-6-14(18-11)13(17)7-9-3-4-10(15)8-12(9)16/h3-6,8,13,17H,2,7H2,1H3. The van der Waals surface area contributed by atoms with Gasteiger partial charge in [-0.1, -0.05) is 40.5 Å². The molecular weight excluding hydrogens is 316 g/mol. The normalized spacial score (nSPS) is 12.7. The number of benzene rings is 1. The average Bonchev–Trinajstić information content (AvgIpc) is 2.81. The van der Waals surface area contributed by atoms with Gasteiger partial charge in [0.2, 0.25) is 0 Å². The highest BCUT2D eigenvalue weighted by Crippen LogP contribution is 2.27. The van der Waals surface area contributed by atoms with E-state index in [2.05, 4.69) is 15.9 Å². The summed E-state index contributed by atoms with van der Waals surface area (Å²) in [6, 6.07) is 9.34. The van der Waals surface area contributed by atoms with Crippen LogP contribution in [0.1, 0.15) is 30.1 Å². The van der Waals surface area contributed by atoms with Gasteiger partial charge in [-0.15, -0.1) is 0 Å². The molecule has 0 bridgehead atoms. The van der Waals surface area contributed by atoms with Gasteiger partial charge in [-0.2, -0.15) is 0 Å². The van der Waals surface area contributed by atoms with Gasteiger partial charge in [0.15, 0.2) is 0 Å². The van der Waals surface area contributed by atoms with Crippen molar-refractivity contribution in [2.75, 3.05) is 0 Å². The monoisotopic (exact) mass is 328 g/mol. The molecule has 1 N–H and O–H groups in total. The summed E-state index contributed by atoms with van der Waals surface area (Å²) in [6.07, 6.45) is 0.609. The molecule has 2 aromatic rings. The molecule has 1 atom stereocenters. The maximum absolute atomic E-state index is 10.1. The van der Waals surface area contributed by atoms with Crippen LogP contribution in [0.2, 0.25) is 5.02 Å². The minimum atomic E-state index is -0.663. The van der Waals surface area contributed by atoms with Crippen molar-refractivity contribution in [2.24, 2.45) is 0 Å². The van der Waals surface area contributed by atoms with Gasteiger partial charge in [-0.05, 0) is 29.8 Å². The fourth-order valence-electron chi connectivity index (χ4n) is 1.76. The maximum atomic E-state index is 10.1. The Morgan fingerprint density at radius 2 is 2.11 bits per heavy atom. The molecule has 1 heterocycles. The highest BCUT2D eigenvalue weighted by Gasteiger charge is 2.14. The number of halogens is 2. The lowest BCUT2D eigenvalue weighted by molar-refractivity contribution is 0.148. The highest BCUT2D eigenvalue weighted by atomic mass is 79.9. The molecule has 1 aromatic carbocycles. The summed E-state index contributed by atoms with van der Waals surface area (Å²) in [4.78, 5) is 0. The second-order valence-electron chi connectivity index (χ2n) is 4.11. The largest absolute Gasteiger partial charge is 0.463 e. The van der Waals surface area contributed by atoms with Crippen LogP contribution < -0.4 is 0 Å². The molecule has 2 rings (SSSR count). The number of furan rings is 1. The third-order valence-electron chi connectivity index (χ3n) is 2.79. The Hall–Kier alpha value is -0.770. The van der Waals surface area contributed by atoms with E-state index in [1.54, 1.807) is 0 Å². The first-order chi connectivity index (χ1) is 8.60. The van der Waals surface area contributed by atoms with Crippen LogP contribution in [0.5, 0.6) is 0 Å². The van der Waals surface area contributed by atoms with E-state index >= 15 is 0 Å². The molecule has 96 valence electrons. The van der Waals surface area contributed by atoms with Gasteiger partial charge in [0.1, 0.15) is 17.6 Å². The number of hydrogen-bond donors (Lipinski definition) is 1. The van der Waals surface area contributed by atoms with Crippen molar-refractivity contribution in [3.63, 3.8) is 0 Å². The first-order valence-electron chi connectivity index (χ1n) is 5.80. The molecule has 1 aromatic heterocycles. The fourth-order valence-corrected chi connectivity index (χ4v) is 2.51. The Bertz CT molecular complexity index is 536. The molecule has 18 heavy (non-hydrogen) atoms. The molecule has 0 radical (unpaired) electrons. The number of aryl methyl sites for hydroxylation is 1. The van der Waals surface area contributed by atoms with Crippen LogP contribution in [-0.2, 0) is 12.8 Å². The first-order valence-corrected chi connectivity index (χ1v) is 6.98. The van der Waals surface area contributed by atoms with E-state index < -0.39 is 6.10 Å². The van der Waals surface area contributed by atoms with Crippen molar-refractivity contribution in [2.45, 2.75) is 25.9 Å². The van der Waals surface area contributed by atoms with Gasteiger partial charge in [0, 0.05) is 22.3 Å². The van der Waals surface area contributed by atoms with E-state index in [0.29, 0.717) is 17.2 Å². The number of hydrogen-bond acceptors (Lipinski definition) is 2. The summed E-state index contributed by atoms with van der Waals surface area (Å²) >= 11 is 9.48. The number of aliphatic hydroxyl groups is 1. The van der Waals surface area contributed by atoms with Crippen LogP contribution in [0, 0.1) is 0 Å². The second kappa shape index (κ2) is 5.91. The van der Waals surface area contributed by atoms with E-state index in [0.717, 1.165) is 22.2 Å². The lowest BCUT2D eigenvalue weighted by Gasteiger charge is -2.09. The predicted octanol–water partition coefficient (Wildman–Crippen LogP) is 4.53.